The van der Waals surface area contributed by atoms with Crippen molar-refractivity contribution in [3.8, 4) is 0 Å². The van der Waals surface area contributed by atoms with Crippen LogP contribution in [-0.4, -0.2) is 51.2 Å². The predicted octanol–water partition coefficient (Wildman–Crippen LogP) is -1.62. The zero-order valence-electron chi connectivity index (χ0n) is 7.71. The van der Waals surface area contributed by atoms with Crippen molar-refractivity contribution in [3.05, 3.63) is 0 Å². The minimum absolute atomic E-state index is 0.0926. The van der Waals surface area contributed by atoms with Crippen LogP contribution in [0.25, 0.3) is 0 Å². The summed E-state index contributed by atoms with van der Waals surface area (Å²) in [6.45, 7) is 2.77. The summed E-state index contributed by atoms with van der Waals surface area (Å²) in [5.74, 6) is -1.16. The molecule has 0 unspecified atom stereocenters. The average molecular weight is 192 g/mol. The Morgan fingerprint density at radius 2 is 1.77 bits per heavy atom. The Morgan fingerprint density at radius 1 is 1.38 bits per heavy atom. The van der Waals surface area contributed by atoms with Gasteiger partial charge in [-0.3, -0.25) is 9.69 Å². The highest BCUT2D eigenvalue weighted by atomic mass is 16.4. The third kappa shape index (κ3) is 4.18. The Morgan fingerprint density at radius 3 is 2.00 bits per heavy atom. The zero-order valence-corrected chi connectivity index (χ0v) is 7.71. The molecular weight excluding hydrogens is 176 g/mol. The van der Waals surface area contributed by atoms with Gasteiger partial charge in [0.2, 0.25) is 0 Å². The number of aliphatic carboxylic acids is 1. The molecule has 0 saturated carbocycles. The highest BCUT2D eigenvalue weighted by molar-refractivity contribution is 5.73. The van der Waals surface area contributed by atoms with E-state index in [-0.39, 0.29) is 6.54 Å². The van der Waals surface area contributed by atoms with E-state index in [1.54, 1.807) is 0 Å². The number of nitrogens with two attached hydrogens (primary N) is 1. The van der Waals surface area contributed by atoms with Crippen LogP contribution in [-0.2, 0) is 4.79 Å². The maximum absolute atomic E-state index is 10.4. The summed E-state index contributed by atoms with van der Waals surface area (Å²) in [6, 6.07) is -1.11. The Balaban J connectivity index is 4.18. The zero-order chi connectivity index (χ0) is 10.6. The summed E-state index contributed by atoms with van der Waals surface area (Å²) in [4.78, 5) is 11.5. The van der Waals surface area contributed by atoms with Crippen molar-refractivity contribution in [1.82, 2.24) is 4.90 Å². The van der Waals surface area contributed by atoms with Gasteiger partial charge in [-0.2, -0.15) is 0 Å². The monoisotopic (exact) mass is 192 g/mol. The Bertz CT molecular complexity index is 164. The first kappa shape index (κ1) is 12.3. The fourth-order valence-electron chi connectivity index (χ4n) is 0.923. The van der Waals surface area contributed by atoms with Gasteiger partial charge in [-0.15, -0.1) is 0 Å². The molecule has 0 bridgehead atoms. The molecule has 0 aromatic heterocycles. The number of carboxylic acid groups (broad SMARTS) is 1. The standard InChI is InChI=1S/C7H16N2O4/c1-4(10)9(5(2)11)3-6(8)7(12)13/h4-6,10-11H,3,8H2,1-2H3,(H,12,13)/t4-,5-,6+/m1/s1. The lowest BCUT2D eigenvalue weighted by molar-refractivity contribution is -0.141. The van der Waals surface area contributed by atoms with Crippen molar-refractivity contribution in [2.45, 2.75) is 32.3 Å². The smallest absolute Gasteiger partial charge is 0.321 e. The maximum Gasteiger partial charge on any atom is 0.321 e. The minimum atomic E-state index is -1.16. The Hall–Kier alpha value is -0.690. The van der Waals surface area contributed by atoms with Crippen molar-refractivity contribution in [3.63, 3.8) is 0 Å². The van der Waals surface area contributed by atoms with Gasteiger partial charge in [-0.25, -0.2) is 0 Å². The summed E-state index contributed by atoms with van der Waals surface area (Å²) in [6.07, 6.45) is -1.85. The molecule has 6 heteroatoms. The highest BCUT2D eigenvalue weighted by Crippen LogP contribution is 2.01. The Kier molecular flexibility index (Phi) is 4.86. The predicted molar refractivity (Wildman–Crippen MR) is 45.7 cm³/mol. The number of carbonyl (C=O) groups is 1. The lowest BCUT2D eigenvalue weighted by atomic mass is 10.3. The van der Waals surface area contributed by atoms with Gasteiger partial charge >= 0.3 is 5.97 Å². The van der Waals surface area contributed by atoms with Crippen LogP contribution in [0.1, 0.15) is 13.8 Å². The van der Waals surface area contributed by atoms with Crippen LogP contribution < -0.4 is 5.73 Å². The Labute approximate surface area is 76.6 Å². The number of aliphatic hydroxyl groups is 2. The number of hydrogen-bond donors (Lipinski definition) is 4. The summed E-state index contributed by atoms with van der Waals surface area (Å²) in [5, 5.41) is 26.7. The molecule has 0 aliphatic rings. The van der Waals surface area contributed by atoms with Gasteiger partial charge in [-0.1, -0.05) is 0 Å². The normalized spacial score (nSPS) is 18.3. The number of nitrogens with zero attached hydrogens (tertiary/aromatic N) is 1. The molecule has 0 radical (unpaired) electrons. The van der Waals surface area contributed by atoms with Crippen LogP contribution in [0.5, 0.6) is 0 Å². The number of rotatable bonds is 5. The van der Waals surface area contributed by atoms with Crippen molar-refractivity contribution < 1.29 is 20.1 Å². The number of carboxylic acids is 1. The van der Waals surface area contributed by atoms with Crippen LogP contribution in [0.2, 0.25) is 0 Å². The highest BCUT2D eigenvalue weighted by Gasteiger charge is 2.22. The molecular formula is C7H16N2O4. The molecule has 0 aromatic rings. The van der Waals surface area contributed by atoms with Gasteiger partial charge in [0.05, 0.1) is 0 Å². The van der Waals surface area contributed by atoms with E-state index in [0.717, 1.165) is 0 Å². The lowest BCUT2D eigenvalue weighted by Crippen LogP contribution is -2.49. The third-order valence-corrected chi connectivity index (χ3v) is 1.68. The first-order valence-electron chi connectivity index (χ1n) is 3.96. The second kappa shape index (κ2) is 5.13. The van der Waals surface area contributed by atoms with E-state index in [1.165, 1.54) is 18.7 Å². The van der Waals surface area contributed by atoms with Gasteiger partial charge < -0.3 is 21.1 Å². The SMILES string of the molecule is C[C@@H](O)N(C[C@H](N)C(=O)O)[C@@H](C)O. The first-order chi connectivity index (χ1) is 5.86. The summed E-state index contributed by atoms with van der Waals surface area (Å²) in [7, 11) is 0. The molecule has 0 spiro atoms. The summed E-state index contributed by atoms with van der Waals surface area (Å²) in [5.41, 5.74) is 5.23. The summed E-state index contributed by atoms with van der Waals surface area (Å²) < 4.78 is 0. The van der Waals surface area contributed by atoms with Crippen LogP contribution in [0.3, 0.4) is 0 Å². The number of hydrogen-bond acceptors (Lipinski definition) is 5. The van der Waals surface area contributed by atoms with Crippen LogP contribution in [0, 0.1) is 0 Å². The molecule has 0 aromatic carbocycles. The van der Waals surface area contributed by atoms with E-state index in [4.69, 9.17) is 21.1 Å². The second-order valence-electron chi connectivity index (χ2n) is 2.91. The maximum atomic E-state index is 10.4. The topological polar surface area (TPSA) is 107 Å². The fraction of sp³-hybridized carbons (Fsp3) is 0.857. The first-order valence-corrected chi connectivity index (χ1v) is 3.96. The lowest BCUT2D eigenvalue weighted by Gasteiger charge is -2.29. The van der Waals surface area contributed by atoms with Crippen LogP contribution >= 0.6 is 0 Å². The molecule has 0 fully saturated rings. The molecule has 0 aliphatic carbocycles. The van der Waals surface area contributed by atoms with E-state index in [9.17, 15) is 4.79 Å². The molecule has 0 rings (SSSR count). The van der Waals surface area contributed by atoms with Gasteiger partial charge in [0.15, 0.2) is 0 Å². The van der Waals surface area contributed by atoms with E-state index < -0.39 is 24.5 Å². The van der Waals surface area contributed by atoms with Crippen LogP contribution in [0.15, 0.2) is 0 Å². The molecule has 5 N–H and O–H groups in total. The molecule has 6 nitrogen and oxygen atoms in total. The quantitative estimate of drug-likeness (QED) is 0.390. The largest absolute Gasteiger partial charge is 0.480 e. The van der Waals surface area contributed by atoms with Crippen molar-refractivity contribution in [2.24, 2.45) is 5.73 Å². The molecule has 0 amide bonds. The molecule has 78 valence electrons. The molecule has 0 saturated heterocycles. The third-order valence-electron chi connectivity index (χ3n) is 1.68. The fourth-order valence-corrected chi connectivity index (χ4v) is 0.923. The van der Waals surface area contributed by atoms with Gasteiger partial charge in [-0.05, 0) is 13.8 Å². The number of aliphatic hydroxyl groups excluding tert-OH is 2. The summed E-state index contributed by atoms with van der Waals surface area (Å²) >= 11 is 0. The average Bonchev–Trinajstić information content (AvgIpc) is 1.97. The van der Waals surface area contributed by atoms with Crippen molar-refractivity contribution >= 4 is 5.97 Å². The molecule has 3 atom stereocenters. The molecule has 0 heterocycles. The van der Waals surface area contributed by atoms with Crippen molar-refractivity contribution in [1.29, 1.82) is 0 Å². The molecule has 0 aliphatic heterocycles. The van der Waals surface area contributed by atoms with E-state index >= 15 is 0 Å². The molecule has 13 heavy (non-hydrogen) atoms. The van der Waals surface area contributed by atoms with Gasteiger partial charge in [0, 0.05) is 6.54 Å². The van der Waals surface area contributed by atoms with E-state index in [2.05, 4.69) is 0 Å². The van der Waals surface area contributed by atoms with E-state index in [0.29, 0.717) is 0 Å². The van der Waals surface area contributed by atoms with E-state index in [1.807, 2.05) is 0 Å². The van der Waals surface area contributed by atoms with Gasteiger partial charge in [0.1, 0.15) is 18.5 Å². The van der Waals surface area contributed by atoms with Crippen molar-refractivity contribution in [2.75, 3.05) is 6.54 Å². The second-order valence-corrected chi connectivity index (χ2v) is 2.91. The van der Waals surface area contributed by atoms with Crippen LogP contribution in [0.4, 0.5) is 0 Å². The minimum Gasteiger partial charge on any atom is -0.480 e. The van der Waals surface area contributed by atoms with Gasteiger partial charge in [0.25, 0.3) is 0 Å².